The molecule has 2 heterocycles. The van der Waals surface area contributed by atoms with Crippen molar-refractivity contribution in [2.75, 3.05) is 17.3 Å². The quantitative estimate of drug-likeness (QED) is 0.561. The highest BCUT2D eigenvalue weighted by Crippen LogP contribution is 2.41. The fraction of sp³-hybridized carbons (Fsp3) is 0.273. The van der Waals surface area contributed by atoms with Crippen LogP contribution in [0.3, 0.4) is 0 Å². The van der Waals surface area contributed by atoms with Gasteiger partial charge in [0.15, 0.2) is 0 Å². The molecule has 0 saturated heterocycles. The van der Waals surface area contributed by atoms with Crippen LogP contribution >= 0.6 is 0 Å². The molecule has 0 radical (unpaired) electrons. The third-order valence-corrected chi connectivity index (χ3v) is 6.29. The lowest BCUT2D eigenvalue weighted by Gasteiger charge is -2.14. The Hall–Kier alpha value is -3.17. The first kappa shape index (κ1) is 21.1. The van der Waals surface area contributed by atoms with Crippen molar-refractivity contribution < 1.29 is 27.9 Å². The lowest BCUT2D eigenvalue weighted by atomic mass is 9.99. The largest absolute Gasteiger partial charge is 0.487 e. The van der Waals surface area contributed by atoms with Crippen molar-refractivity contribution in [3.05, 3.63) is 64.7 Å². The maximum atomic E-state index is 12.5. The first-order valence-electron chi connectivity index (χ1n) is 9.77. The minimum atomic E-state index is -3.24. The number of nitrogens with one attached hydrogen (secondary N) is 2. The van der Waals surface area contributed by atoms with E-state index in [0.717, 1.165) is 34.2 Å². The number of anilines is 1. The second-order valence-electron chi connectivity index (χ2n) is 7.67. The molecule has 2 aliphatic rings. The maximum absolute atomic E-state index is 12.5. The number of carbonyl (C=O) groups excluding carboxylic acids is 1. The number of benzene rings is 2. The first-order valence-corrected chi connectivity index (χ1v) is 11.8. The monoisotopic (exact) mass is 442 g/mol. The topological polar surface area (TPSA) is 122 Å². The number of fused-ring (bicyclic) bond motifs is 2. The number of para-hydroxylation sites is 1. The van der Waals surface area contributed by atoms with Gasteiger partial charge in [-0.05, 0) is 18.1 Å². The predicted molar refractivity (Wildman–Crippen MR) is 116 cm³/mol. The Labute approximate surface area is 179 Å². The van der Waals surface area contributed by atoms with E-state index in [2.05, 4.69) is 10.6 Å². The predicted octanol–water partition coefficient (Wildman–Crippen LogP) is 2.01. The second-order valence-corrected chi connectivity index (χ2v) is 9.93. The standard InChI is InChI=1S/C22H22N2O6S/c1-31(28,29)9-8-18(22(26)27)23-11-13-6-7-15-14(10-13)12-30-20(15)19-16-4-2-3-5-17(16)24-21(19)25/h2-7,10,18,23H,8-9,11-12H2,1H3,(H,24,25)(H,26,27)/b20-19+. The van der Waals surface area contributed by atoms with E-state index in [1.165, 1.54) is 0 Å². The maximum Gasteiger partial charge on any atom is 0.320 e. The van der Waals surface area contributed by atoms with Crippen LogP contribution in [0.5, 0.6) is 0 Å². The van der Waals surface area contributed by atoms with Crippen LogP contribution in [0.1, 0.15) is 28.7 Å². The van der Waals surface area contributed by atoms with Crippen molar-refractivity contribution in [2.24, 2.45) is 0 Å². The highest BCUT2D eigenvalue weighted by molar-refractivity contribution is 7.90. The van der Waals surface area contributed by atoms with Crippen LogP contribution in [0.2, 0.25) is 0 Å². The van der Waals surface area contributed by atoms with Crippen LogP contribution in [0.15, 0.2) is 42.5 Å². The fourth-order valence-electron chi connectivity index (χ4n) is 3.76. The average Bonchev–Trinajstić information content (AvgIpc) is 3.25. The lowest BCUT2D eigenvalue weighted by molar-refractivity contribution is -0.139. The Bertz CT molecular complexity index is 1200. The Morgan fingerprint density at radius 2 is 2.00 bits per heavy atom. The average molecular weight is 442 g/mol. The van der Waals surface area contributed by atoms with E-state index in [-0.39, 0.29) is 24.6 Å². The normalized spacial score (nSPS) is 18.2. The molecular weight excluding hydrogens is 420 g/mol. The molecule has 4 rings (SSSR count). The SMILES string of the molecule is CS(=O)(=O)CCC(NCc1ccc2c(c1)CO/C2=C1/C(=O)Nc2ccccc21)C(=O)O. The molecule has 0 saturated carbocycles. The molecule has 0 fully saturated rings. The zero-order chi connectivity index (χ0) is 22.2. The summed E-state index contributed by atoms with van der Waals surface area (Å²) in [7, 11) is -3.24. The van der Waals surface area contributed by atoms with Crippen LogP contribution < -0.4 is 10.6 Å². The molecule has 0 bridgehead atoms. The Morgan fingerprint density at radius 3 is 2.74 bits per heavy atom. The summed E-state index contributed by atoms with van der Waals surface area (Å²) in [5, 5.41) is 15.1. The van der Waals surface area contributed by atoms with Gasteiger partial charge in [0.05, 0.1) is 11.3 Å². The molecule has 1 atom stereocenters. The molecule has 2 aromatic rings. The van der Waals surface area contributed by atoms with Gasteiger partial charge in [-0.1, -0.05) is 36.4 Å². The fourth-order valence-corrected chi connectivity index (χ4v) is 4.42. The van der Waals surface area contributed by atoms with Crippen LogP contribution in [0.25, 0.3) is 11.3 Å². The van der Waals surface area contributed by atoms with Gasteiger partial charge in [0.25, 0.3) is 5.91 Å². The number of hydrogen-bond donors (Lipinski definition) is 3. The highest BCUT2D eigenvalue weighted by Gasteiger charge is 2.32. The number of carbonyl (C=O) groups is 2. The molecular formula is C22H22N2O6S. The molecule has 0 aromatic heterocycles. The lowest BCUT2D eigenvalue weighted by Crippen LogP contribution is -2.37. The highest BCUT2D eigenvalue weighted by atomic mass is 32.2. The van der Waals surface area contributed by atoms with Crippen molar-refractivity contribution in [2.45, 2.75) is 25.6 Å². The Morgan fingerprint density at radius 1 is 1.23 bits per heavy atom. The van der Waals surface area contributed by atoms with Gasteiger partial charge in [0.2, 0.25) is 0 Å². The first-order chi connectivity index (χ1) is 14.7. The summed E-state index contributed by atoms with van der Waals surface area (Å²) in [6, 6.07) is 12.1. The van der Waals surface area contributed by atoms with Gasteiger partial charge >= 0.3 is 5.97 Å². The summed E-state index contributed by atoms with van der Waals surface area (Å²) in [6.07, 6.45) is 1.08. The van der Waals surface area contributed by atoms with E-state index < -0.39 is 21.8 Å². The number of sulfone groups is 1. The molecule has 2 aromatic carbocycles. The molecule has 2 aliphatic heterocycles. The van der Waals surface area contributed by atoms with Gasteiger partial charge in [-0.3, -0.25) is 9.59 Å². The second kappa shape index (κ2) is 8.16. The number of rotatable bonds is 7. The van der Waals surface area contributed by atoms with E-state index in [9.17, 15) is 23.1 Å². The summed E-state index contributed by atoms with van der Waals surface area (Å²) < 4.78 is 28.5. The molecule has 8 nitrogen and oxygen atoms in total. The van der Waals surface area contributed by atoms with Crippen molar-refractivity contribution in [1.82, 2.24) is 5.32 Å². The van der Waals surface area contributed by atoms with Gasteiger partial charge in [-0.25, -0.2) is 8.42 Å². The summed E-state index contributed by atoms with van der Waals surface area (Å²) in [4.78, 5) is 23.9. The zero-order valence-corrected chi connectivity index (χ0v) is 17.7. The van der Waals surface area contributed by atoms with Crippen LogP contribution in [-0.2, 0) is 37.3 Å². The third kappa shape index (κ3) is 4.47. The number of carboxylic acid groups (broad SMARTS) is 1. The van der Waals surface area contributed by atoms with Crippen molar-refractivity contribution >= 4 is 38.7 Å². The molecule has 31 heavy (non-hydrogen) atoms. The number of carboxylic acids is 1. The number of hydrogen-bond acceptors (Lipinski definition) is 6. The van der Waals surface area contributed by atoms with E-state index >= 15 is 0 Å². The van der Waals surface area contributed by atoms with Crippen LogP contribution in [0.4, 0.5) is 5.69 Å². The minimum Gasteiger partial charge on any atom is -0.487 e. The van der Waals surface area contributed by atoms with E-state index in [4.69, 9.17) is 4.74 Å². The molecule has 0 aliphatic carbocycles. The van der Waals surface area contributed by atoms with Gasteiger partial charge < -0.3 is 20.5 Å². The summed E-state index contributed by atoms with van der Waals surface area (Å²) in [5.74, 6) is -0.959. The number of aliphatic carboxylic acids is 1. The number of amides is 1. The summed E-state index contributed by atoms with van der Waals surface area (Å²) >= 11 is 0. The summed E-state index contributed by atoms with van der Waals surface area (Å²) in [5.41, 5.74) is 4.64. The number of ether oxygens (including phenoxy) is 1. The Kier molecular flexibility index (Phi) is 5.55. The third-order valence-electron chi connectivity index (χ3n) is 5.31. The molecule has 1 amide bonds. The van der Waals surface area contributed by atoms with E-state index in [0.29, 0.717) is 17.9 Å². The van der Waals surface area contributed by atoms with Gasteiger partial charge in [0.1, 0.15) is 28.2 Å². The van der Waals surface area contributed by atoms with Crippen molar-refractivity contribution in [3.63, 3.8) is 0 Å². The van der Waals surface area contributed by atoms with Crippen molar-refractivity contribution in [1.29, 1.82) is 0 Å². The van der Waals surface area contributed by atoms with E-state index in [1.807, 2.05) is 42.5 Å². The zero-order valence-electron chi connectivity index (χ0n) is 16.8. The van der Waals surface area contributed by atoms with Gasteiger partial charge in [0, 0.05) is 35.2 Å². The van der Waals surface area contributed by atoms with Crippen LogP contribution in [0, 0.1) is 0 Å². The minimum absolute atomic E-state index is 0.00696. The van der Waals surface area contributed by atoms with Gasteiger partial charge in [-0.15, -0.1) is 0 Å². The van der Waals surface area contributed by atoms with Gasteiger partial charge in [-0.2, -0.15) is 0 Å². The van der Waals surface area contributed by atoms with Crippen LogP contribution in [-0.4, -0.2) is 43.5 Å². The molecule has 9 heteroatoms. The molecule has 0 spiro atoms. The Balaban J connectivity index is 1.53. The van der Waals surface area contributed by atoms with E-state index in [1.54, 1.807) is 0 Å². The molecule has 1 unspecified atom stereocenters. The smallest absolute Gasteiger partial charge is 0.320 e. The summed E-state index contributed by atoms with van der Waals surface area (Å²) in [6.45, 7) is 0.580. The molecule has 3 N–H and O–H groups in total. The molecule has 162 valence electrons. The van der Waals surface area contributed by atoms with Crippen molar-refractivity contribution in [3.8, 4) is 0 Å².